The minimum atomic E-state index is 0. The molecule has 8 heteroatoms. The third-order valence-corrected chi connectivity index (χ3v) is 13.7. The molecule has 0 saturated carbocycles. The summed E-state index contributed by atoms with van der Waals surface area (Å²) in [7, 11) is 0. The zero-order chi connectivity index (χ0) is 49.8. The van der Waals surface area contributed by atoms with Crippen molar-refractivity contribution in [1.82, 2.24) is 19.1 Å². The van der Waals surface area contributed by atoms with E-state index >= 15 is 0 Å². The maximum atomic E-state index is 8.02. The van der Waals surface area contributed by atoms with Gasteiger partial charge in [0, 0.05) is 22.9 Å². The Morgan fingerprint density at radius 2 is 1.04 bits per heavy atom. The molecule has 0 aliphatic carbocycles. The van der Waals surface area contributed by atoms with Crippen LogP contribution in [-0.4, -0.2) is 19.1 Å². The van der Waals surface area contributed by atoms with Crippen molar-refractivity contribution in [3.63, 3.8) is 0 Å². The first-order chi connectivity index (χ1) is 34.9. The van der Waals surface area contributed by atoms with Gasteiger partial charge < -0.3 is 18.3 Å². The van der Waals surface area contributed by atoms with E-state index in [9.17, 15) is 0 Å². The maximum Gasteiger partial charge on any atom is 2.00 e. The van der Waals surface area contributed by atoms with E-state index in [1.54, 1.807) is 6.26 Å². The third kappa shape index (κ3) is 9.00. The summed E-state index contributed by atoms with van der Waals surface area (Å²) in [6, 6.07) is 61.8. The van der Waals surface area contributed by atoms with Crippen LogP contribution in [0.3, 0.4) is 0 Å². The van der Waals surface area contributed by atoms with Gasteiger partial charge in [-0.3, -0.25) is 9.97 Å². The molecule has 0 amide bonds. The smallest absolute Gasteiger partial charge is 0.508 e. The Kier molecular flexibility index (Phi) is 13.4. The normalized spacial score (nSPS) is 11.7. The number of aromatic nitrogens is 4. The molecule has 3 aromatic heterocycles. The molecule has 0 aliphatic rings. The zero-order valence-electron chi connectivity index (χ0n) is 42.3. The molecule has 3 heterocycles. The molecule has 0 spiro atoms. The number of rotatable bonds is 12. The summed E-state index contributed by atoms with van der Waals surface area (Å²) in [4.78, 5) is 14.6. The maximum absolute atomic E-state index is 8.02. The van der Waals surface area contributed by atoms with E-state index in [4.69, 9.17) is 25.7 Å². The zero-order valence-corrected chi connectivity index (χ0v) is 44.5. The number of nitrogens with zero attached hydrogens (tertiary/aromatic N) is 5. The second-order valence-corrected chi connectivity index (χ2v) is 19.9. The van der Waals surface area contributed by atoms with Crippen LogP contribution in [0.4, 0.5) is 5.69 Å². The van der Waals surface area contributed by atoms with Gasteiger partial charge in [-0.15, -0.1) is 23.8 Å². The number of imidazole rings is 2. The van der Waals surface area contributed by atoms with E-state index in [1.807, 2.05) is 48.5 Å². The topological polar surface area (TPSA) is 62.4 Å². The summed E-state index contributed by atoms with van der Waals surface area (Å²) in [6.45, 7) is 26.1. The van der Waals surface area contributed by atoms with Gasteiger partial charge >= 0.3 is 21.1 Å². The van der Waals surface area contributed by atoms with Crippen LogP contribution in [0.25, 0.3) is 94.3 Å². The number of hydrogen-bond donors (Lipinski definition) is 0. The van der Waals surface area contributed by atoms with E-state index in [1.165, 1.54) is 33.4 Å². The van der Waals surface area contributed by atoms with Crippen molar-refractivity contribution in [2.45, 2.75) is 79.1 Å². The molecule has 11 aromatic rings. The first-order valence-corrected chi connectivity index (χ1v) is 24.9. The van der Waals surface area contributed by atoms with E-state index in [0.717, 1.165) is 61.3 Å². The predicted octanol–water partition coefficient (Wildman–Crippen LogP) is 18.2. The monoisotopic (exact) mass is 1130 g/mol. The number of ether oxygens (including phenoxy) is 1. The third-order valence-electron chi connectivity index (χ3n) is 13.7. The molecule has 0 aliphatic heterocycles. The molecule has 73 heavy (non-hydrogen) atoms. The van der Waals surface area contributed by atoms with Crippen LogP contribution in [-0.2, 0) is 21.1 Å². The number of para-hydroxylation sites is 2. The molecular formula is C65H55N5O2Pt. The summed E-state index contributed by atoms with van der Waals surface area (Å²) in [5, 5.41) is 0.839. The van der Waals surface area contributed by atoms with Crippen LogP contribution in [0.5, 0.6) is 11.5 Å². The second kappa shape index (κ2) is 20.0. The summed E-state index contributed by atoms with van der Waals surface area (Å²) >= 11 is 0. The SMILES string of the molecule is [C-]#[N+]c1ccc2nc(-c3[c-]c(Oc4[c-]c(-c5nc6ccccc6n5-c5c(C(C)C)cc(-c6ccccc6)cc5C(C)C)ccc4)cc4ccoc34)n(-c3c(C(C)C)cc(-c4ccccc4)cc3C(C)C)c2c1.[Pt+2]. The van der Waals surface area contributed by atoms with Gasteiger partial charge in [-0.25, -0.2) is 4.85 Å². The Hall–Kier alpha value is -7.78. The molecule has 0 unspecified atom stereocenters. The molecule has 0 fully saturated rings. The van der Waals surface area contributed by atoms with Crippen molar-refractivity contribution >= 4 is 38.7 Å². The van der Waals surface area contributed by atoms with Crippen LogP contribution in [0.2, 0.25) is 0 Å². The van der Waals surface area contributed by atoms with Crippen molar-refractivity contribution < 1.29 is 30.2 Å². The summed E-state index contributed by atoms with van der Waals surface area (Å²) in [5.74, 6) is 3.16. The fourth-order valence-corrected chi connectivity index (χ4v) is 10.2. The fourth-order valence-electron chi connectivity index (χ4n) is 10.2. The van der Waals surface area contributed by atoms with Crippen LogP contribution in [0, 0.1) is 18.7 Å². The van der Waals surface area contributed by atoms with E-state index in [2.05, 4.69) is 191 Å². The van der Waals surface area contributed by atoms with E-state index in [0.29, 0.717) is 34.2 Å². The number of hydrogen-bond acceptors (Lipinski definition) is 4. The van der Waals surface area contributed by atoms with E-state index < -0.39 is 0 Å². The average molecular weight is 1130 g/mol. The molecular weight excluding hydrogens is 1080 g/mol. The van der Waals surface area contributed by atoms with Gasteiger partial charge in [0.05, 0.1) is 52.1 Å². The van der Waals surface area contributed by atoms with Crippen LogP contribution < -0.4 is 4.74 Å². The molecule has 7 nitrogen and oxygen atoms in total. The standard InChI is InChI=1S/C65H55N5O2.Pt/c1-39(2)52-33-47(43-19-12-10-13-20-43)34-53(40(3)4)61(52)69-59-26-17-16-25-57(59)67-64(69)46-23-18-24-50(32-46)72-51-31-45-29-30-71-63(45)56(38-51)65-68-58-28-27-49(66-9)37-60(58)70(65)62-54(41(5)6)35-48(36-55(62)42(7)8)44-21-14-11-15-22-44;/h10-31,33-37,39-42H,1-8H3;/q-2;+2. The number of benzene rings is 8. The molecule has 362 valence electrons. The van der Waals surface area contributed by atoms with Crippen molar-refractivity contribution in [2.24, 2.45) is 0 Å². The van der Waals surface area contributed by atoms with Crippen LogP contribution >= 0.6 is 0 Å². The van der Waals surface area contributed by atoms with Crippen molar-refractivity contribution in [3.8, 4) is 67.9 Å². The first kappa shape index (κ1) is 48.8. The Morgan fingerprint density at radius 3 is 1.62 bits per heavy atom. The fraction of sp³-hybridized carbons (Fsp3) is 0.185. The molecule has 0 atom stereocenters. The Morgan fingerprint density at radius 1 is 0.507 bits per heavy atom. The second-order valence-electron chi connectivity index (χ2n) is 19.9. The average Bonchev–Trinajstić information content (AvgIpc) is 4.14. The largest absolute Gasteiger partial charge is 2.00 e. The molecule has 0 bridgehead atoms. The number of furan rings is 1. The summed E-state index contributed by atoms with van der Waals surface area (Å²) in [6.07, 6.45) is 1.70. The van der Waals surface area contributed by atoms with Crippen molar-refractivity contribution in [1.29, 1.82) is 0 Å². The van der Waals surface area contributed by atoms with Crippen LogP contribution in [0.1, 0.15) is 101 Å². The molecule has 0 N–H and O–H groups in total. The molecule has 0 saturated heterocycles. The molecule has 11 rings (SSSR count). The quantitative estimate of drug-likeness (QED) is 0.114. The Labute approximate surface area is 442 Å². The first-order valence-electron chi connectivity index (χ1n) is 24.9. The minimum absolute atomic E-state index is 0. The van der Waals surface area contributed by atoms with Gasteiger partial charge in [0.15, 0.2) is 5.69 Å². The van der Waals surface area contributed by atoms with Crippen LogP contribution in [0.15, 0.2) is 168 Å². The van der Waals surface area contributed by atoms with E-state index in [-0.39, 0.29) is 44.7 Å². The Balaban J connectivity index is 0.00000611. The van der Waals surface area contributed by atoms with Crippen molar-refractivity contribution in [3.05, 3.63) is 210 Å². The predicted molar refractivity (Wildman–Crippen MR) is 294 cm³/mol. The van der Waals surface area contributed by atoms with Gasteiger partial charge in [-0.2, -0.15) is 0 Å². The number of fused-ring (bicyclic) bond motifs is 3. The minimum Gasteiger partial charge on any atom is -0.508 e. The van der Waals surface area contributed by atoms with Gasteiger partial charge in [-0.05, 0) is 123 Å². The van der Waals surface area contributed by atoms with Gasteiger partial charge in [0.2, 0.25) is 0 Å². The Bertz CT molecular complexity index is 3810. The summed E-state index contributed by atoms with van der Waals surface area (Å²) in [5.41, 5.74) is 17.8. The van der Waals surface area contributed by atoms with Gasteiger partial charge in [0.1, 0.15) is 0 Å². The van der Waals surface area contributed by atoms with Crippen molar-refractivity contribution in [2.75, 3.05) is 0 Å². The molecule has 0 radical (unpaired) electrons. The summed E-state index contributed by atoms with van der Waals surface area (Å²) < 4.78 is 17.7. The van der Waals surface area contributed by atoms with Gasteiger partial charge in [0.25, 0.3) is 0 Å². The van der Waals surface area contributed by atoms with Gasteiger partial charge in [-0.1, -0.05) is 163 Å². The molecule has 8 aromatic carbocycles.